The van der Waals surface area contributed by atoms with E-state index < -0.39 is 23.5 Å². The van der Waals surface area contributed by atoms with Gasteiger partial charge in [-0.3, -0.25) is 9.59 Å². The number of nitrogens with zero attached hydrogens (tertiary/aromatic N) is 1. The Labute approximate surface area is 152 Å². The van der Waals surface area contributed by atoms with Crippen LogP contribution >= 0.6 is 0 Å². The van der Waals surface area contributed by atoms with Crippen LogP contribution in [0.2, 0.25) is 0 Å². The van der Waals surface area contributed by atoms with Crippen LogP contribution in [0.15, 0.2) is 42.5 Å². The van der Waals surface area contributed by atoms with Gasteiger partial charge in [0, 0.05) is 29.9 Å². The number of rotatable bonds is 3. The fourth-order valence-corrected chi connectivity index (χ4v) is 2.89. The van der Waals surface area contributed by atoms with Crippen LogP contribution in [0.3, 0.4) is 0 Å². The fraction of sp³-hybridized carbons (Fsp3) is 0.263. The first-order valence-corrected chi connectivity index (χ1v) is 8.33. The Hall–Kier alpha value is -2.90. The van der Waals surface area contributed by atoms with Crippen molar-refractivity contribution < 1.29 is 27.2 Å². The third-order valence-corrected chi connectivity index (χ3v) is 4.32. The van der Waals surface area contributed by atoms with E-state index in [2.05, 4.69) is 5.32 Å². The number of hydrogen-bond acceptors (Lipinski definition) is 2. The summed E-state index contributed by atoms with van der Waals surface area (Å²) >= 11 is 0. The molecule has 8 heteroatoms. The largest absolute Gasteiger partial charge is 0.419 e. The molecule has 1 aliphatic heterocycles. The van der Waals surface area contributed by atoms with E-state index in [0.29, 0.717) is 36.5 Å². The predicted octanol–water partition coefficient (Wildman–Crippen LogP) is 4.33. The first-order chi connectivity index (χ1) is 12.8. The van der Waals surface area contributed by atoms with Crippen molar-refractivity contribution in [2.24, 2.45) is 0 Å². The monoisotopic (exact) mass is 380 g/mol. The number of amides is 2. The molecule has 3 rings (SSSR count). The number of benzene rings is 2. The number of nitrogens with one attached hydrogen (secondary N) is 1. The van der Waals surface area contributed by atoms with E-state index in [-0.39, 0.29) is 11.5 Å². The van der Waals surface area contributed by atoms with Gasteiger partial charge in [0.2, 0.25) is 0 Å². The standard InChI is InChI=1S/C19H16F4N2O2/c20-16-8-5-13(11-15(16)19(21,22)23)17(26)24-14-6-3-12(4-7-14)18(27)25-9-1-2-10-25/h3-8,11H,1-2,9-10H2,(H,24,26). The Morgan fingerprint density at radius 3 is 2.11 bits per heavy atom. The highest BCUT2D eigenvalue weighted by molar-refractivity contribution is 6.04. The maximum Gasteiger partial charge on any atom is 0.419 e. The second-order valence-corrected chi connectivity index (χ2v) is 6.22. The Morgan fingerprint density at radius 1 is 0.926 bits per heavy atom. The lowest BCUT2D eigenvalue weighted by molar-refractivity contribution is -0.140. The van der Waals surface area contributed by atoms with Crippen molar-refractivity contribution in [3.8, 4) is 0 Å². The van der Waals surface area contributed by atoms with Crippen LogP contribution in [0.5, 0.6) is 0 Å². The van der Waals surface area contributed by atoms with Crippen molar-refractivity contribution in [3.63, 3.8) is 0 Å². The summed E-state index contributed by atoms with van der Waals surface area (Å²) < 4.78 is 51.6. The van der Waals surface area contributed by atoms with Gasteiger partial charge in [0.15, 0.2) is 0 Å². The van der Waals surface area contributed by atoms with E-state index in [1.54, 1.807) is 17.0 Å². The van der Waals surface area contributed by atoms with Crippen LogP contribution in [0.1, 0.15) is 39.1 Å². The Bertz CT molecular complexity index is 857. The molecule has 1 saturated heterocycles. The van der Waals surface area contributed by atoms with Gasteiger partial charge in [-0.2, -0.15) is 13.2 Å². The highest BCUT2D eigenvalue weighted by Gasteiger charge is 2.34. The number of likely N-dealkylation sites (tertiary alicyclic amines) is 1. The zero-order valence-electron chi connectivity index (χ0n) is 14.1. The van der Waals surface area contributed by atoms with Crippen LogP contribution in [0.4, 0.5) is 23.2 Å². The van der Waals surface area contributed by atoms with Gasteiger partial charge in [-0.15, -0.1) is 0 Å². The molecule has 27 heavy (non-hydrogen) atoms. The molecular formula is C19H16F4N2O2. The average molecular weight is 380 g/mol. The number of carbonyl (C=O) groups excluding carboxylic acids is 2. The molecule has 2 aromatic rings. The van der Waals surface area contributed by atoms with Crippen LogP contribution in [-0.2, 0) is 6.18 Å². The molecule has 1 heterocycles. The van der Waals surface area contributed by atoms with Gasteiger partial charge in [0.05, 0.1) is 5.56 Å². The molecule has 0 unspecified atom stereocenters. The highest BCUT2D eigenvalue weighted by atomic mass is 19.4. The number of anilines is 1. The van der Waals surface area contributed by atoms with E-state index in [9.17, 15) is 27.2 Å². The maximum atomic E-state index is 13.3. The smallest absolute Gasteiger partial charge is 0.339 e. The lowest BCUT2D eigenvalue weighted by Crippen LogP contribution is -2.27. The van der Waals surface area contributed by atoms with E-state index in [1.165, 1.54) is 12.1 Å². The summed E-state index contributed by atoms with van der Waals surface area (Å²) in [7, 11) is 0. The van der Waals surface area contributed by atoms with Crippen molar-refractivity contribution in [1.29, 1.82) is 0 Å². The summed E-state index contributed by atoms with van der Waals surface area (Å²) in [6.45, 7) is 1.42. The molecule has 0 aromatic heterocycles. The average Bonchev–Trinajstić information content (AvgIpc) is 3.15. The first kappa shape index (κ1) is 18.9. The van der Waals surface area contributed by atoms with Crippen molar-refractivity contribution >= 4 is 17.5 Å². The first-order valence-electron chi connectivity index (χ1n) is 8.33. The Kier molecular flexibility index (Phi) is 5.16. The van der Waals surface area contributed by atoms with Crippen molar-refractivity contribution in [1.82, 2.24) is 4.90 Å². The van der Waals surface area contributed by atoms with Gasteiger partial charge in [0.25, 0.3) is 11.8 Å². The fourth-order valence-electron chi connectivity index (χ4n) is 2.89. The molecule has 0 spiro atoms. The summed E-state index contributed by atoms with van der Waals surface area (Å²) in [5.74, 6) is -2.35. The second kappa shape index (κ2) is 7.38. The van der Waals surface area contributed by atoms with Crippen LogP contribution in [0, 0.1) is 5.82 Å². The zero-order valence-corrected chi connectivity index (χ0v) is 14.1. The van der Waals surface area contributed by atoms with Gasteiger partial charge in [-0.1, -0.05) is 0 Å². The molecule has 1 aliphatic rings. The number of alkyl halides is 3. The molecule has 2 amide bonds. The molecule has 1 fully saturated rings. The topological polar surface area (TPSA) is 49.4 Å². The van der Waals surface area contributed by atoms with Crippen LogP contribution in [-0.4, -0.2) is 29.8 Å². The molecule has 0 atom stereocenters. The number of carbonyl (C=O) groups is 2. The molecule has 142 valence electrons. The van der Waals surface area contributed by atoms with Gasteiger partial charge in [0.1, 0.15) is 5.82 Å². The summed E-state index contributed by atoms with van der Waals surface area (Å²) in [6, 6.07) is 8.13. The Balaban J connectivity index is 1.72. The predicted molar refractivity (Wildman–Crippen MR) is 90.9 cm³/mol. The molecule has 4 nitrogen and oxygen atoms in total. The zero-order chi connectivity index (χ0) is 19.6. The normalized spacial score (nSPS) is 14.3. The molecule has 2 aromatic carbocycles. The van der Waals surface area contributed by atoms with Gasteiger partial charge in [-0.05, 0) is 55.3 Å². The molecular weight excluding hydrogens is 364 g/mol. The van der Waals surface area contributed by atoms with Crippen molar-refractivity contribution in [2.75, 3.05) is 18.4 Å². The molecule has 0 aliphatic carbocycles. The molecule has 1 N–H and O–H groups in total. The lowest BCUT2D eigenvalue weighted by atomic mass is 10.1. The SMILES string of the molecule is O=C(Nc1ccc(C(=O)N2CCCC2)cc1)c1ccc(F)c(C(F)(F)F)c1. The van der Waals surface area contributed by atoms with Crippen molar-refractivity contribution in [3.05, 3.63) is 65.0 Å². The maximum absolute atomic E-state index is 13.3. The van der Waals surface area contributed by atoms with Crippen LogP contribution in [0.25, 0.3) is 0 Å². The van der Waals surface area contributed by atoms with E-state index in [0.717, 1.165) is 18.9 Å². The summed E-state index contributed by atoms with van der Waals surface area (Å²) in [6.07, 6.45) is -2.95. The van der Waals surface area contributed by atoms with Crippen molar-refractivity contribution in [2.45, 2.75) is 19.0 Å². The minimum atomic E-state index is -4.89. The minimum Gasteiger partial charge on any atom is -0.339 e. The highest BCUT2D eigenvalue weighted by Crippen LogP contribution is 2.32. The third kappa shape index (κ3) is 4.27. The van der Waals surface area contributed by atoms with E-state index >= 15 is 0 Å². The van der Waals surface area contributed by atoms with Crippen LogP contribution < -0.4 is 5.32 Å². The van der Waals surface area contributed by atoms with E-state index in [1.807, 2.05) is 0 Å². The van der Waals surface area contributed by atoms with Gasteiger partial charge >= 0.3 is 6.18 Å². The number of hydrogen-bond donors (Lipinski definition) is 1. The molecule has 0 saturated carbocycles. The van der Waals surface area contributed by atoms with E-state index in [4.69, 9.17) is 0 Å². The quantitative estimate of drug-likeness (QED) is 0.806. The number of halogens is 4. The summed E-state index contributed by atoms with van der Waals surface area (Å²) in [5.41, 5.74) is -1.03. The lowest BCUT2D eigenvalue weighted by Gasteiger charge is -2.15. The van der Waals surface area contributed by atoms with Gasteiger partial charge in [-0.25, -0.2) is 4.39 Å². The minimum absolute atomic E-state index is 0.0984. The second-order valence-electron chi connectivity index (χ2n) is 6.22. The molecule has 0 bridgehead atoms. The summed E-state index contributed by atoms with van der Waals surface area (Å²) in [5, 5.41) is 2.44. The third-order valence-electron chi connectivity index (χ3n) is 4.32. The summed E-state index contributed by atoms with van der Waals surface area (Å²) in [4.78, 5) is 26.2. The molecule has 0 radical (unpaired) electrons. The van der Waals surface area contributed by atoms with Gasteiger partial charge < -0.3 is 10.2 Å². The Morgan fingerprint density at radius 2 is 1.52 bits per heavy atom.